The van der Waals surface area contributed by atoms with Crippen molar-refractivity contribution in [3.8, 4) is 0 Å². The summed E-state index contributed by atoms with van der Waals surface area (Å²) in [4.78, 5) is 25.8. The number of likely N-dealkylation sites (tertiary alicyclic amines) is 1. The highest BCUT2D eigenvalue weighted by atomic mass is 16.5. The number of pyridine rings is 1. The molecule has 0 spiro atoms. The Morgan fingerprint density at radius 1 is 1.26 bits per heavy atom. The van der Waals surface area contributed by atoms with Gasteiger partial charge in [-0.15, -0.1) is 0 Å². The first kappa shape index (κ1) is 23.3. The maximum Gasteiger partial charge on any atom is 0.225 e. The highest BCUT2D eigenvalue weighted by molar-refractivity contribution is 5.81. The summed E-state index contributed by atoms with van der Waals surface area (Å²) < 4.78 is 5.81. The van der Waals surface area contributed by atoms with Gasteiger partial charge in [-0.3, -0.25) is 4.79 Å². The van der Waals surface area contributed by atoms with Gasteiger partial charge >= 0.3 is 0 Å². The van der Waals surface area contributed by atoms with Crippen LogP contribution in [0.3, 0.4) is 0 Å². The van der Waals surface area contributed by atoms with Crippen LogP contribution in [0.15, 0.2) is 23.3 Å². The normalized spacial score (nSPS) is 24.6. The molecule has 3 heterocycles. The zero-order chi connectivity index (χ0) is 22.4. The summed E-state index contributed by atoms with van der Waals surface area (Å²) in [6, 6.07) is 4.40. The van der Waals surface area contributed by atoms with Crippen molar-refractivity contribution >= 4 is 17.7 Å². The van der Waals surface area contributed by atoms with Crippen molar-refractivity contribution in [2.75, 3.05) is 37.6 Å². The molecule has 8 nitrogen and oxygen atoms in total. The number of guanidine groups is 1. The first-order valence-electron chi connectivity index (χ1n) is 11.5. The molecule has 0 saturated carbocycles. The molecule has 172 valence electrons. The molecule has 0 aromatic carbocycles. The second kappa shape index (κ2) is 10.8. The van der Waals surface area contributed by atoms with E-state index in [1.807, 2.05) is 24.9 Å². The fraction of sp³-hybridized carbons (Fsp3) is 0.696. The molecule has 3 unspecified atom stereocenters. The van der Waals surface area contributed by atoms with Gasteiger partial charge in [0.2, 0.25) is 5.91 Å². The number of aromatic nitrogens is 1. The van der Waals surface area contributed by atoms with Gasteiger partial charge in [0.1, 0.15) is 5.82 Å². The smallest absolute Gasteiger partial charge is 0.225 e. The molecule has 2 fully saturated rings. The first-order chi connectivity index (χ1) is 14.9. The largest absolute Gasteiger partial charge is 0.372 e. The van der Waals surface area contributed by atoms with Gasteiger partial charge in [0.15, 0.2) is 5.96 Å². The molecule has 1 aromatic heterocycles. The van der Waals surface area contributed by atoms with Crippen LogP contribution in [0.5, 0.6) is 0 Å². The summed E-state index contributed by atoms with van der Waals surface area (Å²) in [7, 11) is 0. The molecule has 2 aliphatic rings. The summed E-state index contributed by atoms with van der Waals surface area (Å²) in [5.74, 6) is 2.04. The van der Waals surface area contributed by atoms with Crippen LogP contribution < -0.4 is 15.5 Å². The topological polar surface area (TPSA) is 82.1 Å². The van der Waals surface area contributed by atoms with Crippen molar-refractivity contribution in [2.45, 2.75) is 65.8 Å². The Bertz CT molecular complexity index is 741. The predicted molar refractivity (Wildman–Crippen MR) is 124 cm³/mol. The van der Waals surface area contributed by atoms with Crippen molar-refractivity contribution < 1.29 is 9.53 Å². The second-order valence-electron chi connectivity index (χ2n) is 8.95. The number of anilines is 1. The molecule has 0 bridgehead atoms. The number of carbonyl (C=O) groups excluding carboxylic acids is 1. The molecule has 0 radical (unpaired) electrons. The molecule has 2 N–H and O–H groups in total. The Morgan fingerprint density at radius 3 is 2.61 bits per heavy atom. The van der Waals surface area contributed by atoms with Gasteiger partial charge in [-0.05, 0) is 38.8 Å². The molecule has 3 atom stereocenters. The highest BCUT2D eigenvalue weighted by Gasteiger charge is 2.28. The van der Waals surface area contributed by atoms with Crippen LogP contribution in [0.25, 0.3) is 0 Å². The third kappa shape index (κ3) is 6.56. The number of nitrogens with one attached hydrogen (secondary N) is 2. The van der Waals surface area contributed by atoms with Crippen LogP contribution in [0.4, 0.5) is 5.82 Å². The van der Waals surface area contributed by atoms with E-state index in [2.05, 4.69) is 53.4 Å². The van der Waals surface area contributed by atoms with Crippen LogP contribution in [-0.4, -0.2) is 72.7 Å². The SMILES string of the molecule is CCNC(=NCc1ccc(N2CC(C)OC(C)C2)nc1)NC1CCN(C(=O)C(C)C)C1. The van der Waals surface area contributed by atoms with Crippen molar-refractivity contribution in [1.29, 1.82) is 0 Å². The minimum absolute atomic E-state index is 0.0417. The number of rotatable bonds is 6. The monoisotopic (exact) mass is 430 g/mol. The maximum absolute atomic E-state index is 12.2. The second-order valence-corrected chi connectivity index (χ2v) is 8.95. The zero-order valence-corrected chi connectivity index (χ0v) is 19.6. The summed E-state index contributed by atoms with van der Waals surface area (Å²) in [5, 5.41) is 6.80. The number of carbonyl (C=O) groups is 1. The maximum atomic E-state index is 12.2. The standard InChI is InChI=1S/C23H38N6O2/c1-6-24-23(27-20-9-10-28(15-20)22(30)16(2)3)26-12-19-7-8-21(25-11-19)29-13-17(4)31-18(5)14-29/h7-8,11,16-18,20H,6,9-10,12-15H2,1-5H3,(H2,24,26,27). The molecular formula is C23H38N6O2. The molecule has 8 heteroatoms. The third-order valence-corrected chi connectivity index (χ3v) is 5.65. The van der Waals surface area contributed by atoms with E-state index in [9.17, 15) is 4.79 Å². The Hall–Kier alpha value is -2.35. The number of amides is 1. The Labute approximate surface area is 186 Å². The van der Waals surface area contributed by atoms with Crippen molar-refractivity contribution in [3.63, 3.8) is 0 Å². The summed E-state index contributed by atoms with van der Waals surface area (Å²) in [6.07, 6.45) is 3.28. The van der Waals surface area contributed by atoms with Gasteiger partial charge in [0.25, 0.3) is 0 Å². The molecular weight excluding hydrogens is 392 g/mol. The molecule has 1 amide bonds. The summed E-state index contributed by atoms with van der Waals surface area (Å²) >= 11 is 0. The van der Waals surface area contributed by atoms with Crippen LogP contribution in [-0.2, 0) is 16.1 Å². The van der Waals surface area contributed by atoms with Gasteiger partial charge in [-0.1, -0.05) is 19.9 Å². The number of hydrogen-bond acceptors (Lipinski definition) is 5. The van der Waals surface area contributed by atoms with E-state index >= 15 is 0 Å². The van der Waals surface area contributed by atoms with Gasteiger partial charge in [0.05, 0.1) is 18.8 Å². The Morgan fingerprint density at radius 2 is 2.00 bits per heavy atom. The average molecular weight is 431 g/mol. The van der Waals surface area contributed by atoms with Crippen molar-refractivity contribution in [2.24, 2.45) is 10.9 Å². The zero-order valence-electron chi connectivity index (χ0n) is 19.6. The minimum atomic E-state index is 0.0417. The Balaban J connectivity index is 1.56. The van der Waals surface area contributed by atoms with E-state index in [-0.39, 0.29) is 30.1 Å². The van der Waals surface area contributed by atoms with Crippen LogP contribution in [0.2, 0.25) is 0 Å². The predicted octanol–water partition coefficient (Wildman–Crippen LogP) is 2.01. The summed E-state index contributed by atoms with van der Waals surface area (Å²) in [6.45, 7) is 14.8. The fourth-order valence-electron chi connectivity index (χ4n) is 4.19. The average Bonchev–Trinajstić information content (AvgIpc) is 3.19. The van der Waals surface area contributed by atoms with Gasteiger partial charge in [-0.25, -0.2) is 9.98 Å². The lowest BCUT2D eigenvalue weighted by Gasteiger charge is -2.36. The van der Waals surface area contributed by atoms with Gasteiger partial charge < -0.3 is 25.2 Å². The number of ether oxygens (including phenoxy) is 1. The molecule has 0 aliphatic carbocycles. The number of aliphatic imine (C=N–C) groups is 1. The van der Waals surface area contributed by atoms with E-state index in [4.69, 9.17) is 9.73 Å². The van der Waals surface area contributed by atoms with E-state index in [1.165, 1.54) is 0 Å². The Kier molecular flexibility index (Phi) is 8.12. The van der Waals surface area contributed by atoms with Gasteiger partial charge in [0, 0.05) is 50.9 Å². The lowest BCUT2D eigenvalue weighted by Crippen LogP contribution is -2.45. The quantitative estimate of drug-likeness (QED) is 0.531. The first-order valence-corrected chi connectivity index (χ1v) is 11.5. The van der Waals surface area contributed by atoms with Crippen LogP contribution in [0.1, 0.15) is 46.6 Å². The minimum Gasteiger partial charge on any atom is -0.372 e. The number of morpholine rings is 1. The lowest BCUT2D eigenvalue weighted by atomic mass is 10.2. The summed E-state index contributed by atoms with van der Waals surface area (Å²) in [5.41, 5.74) is 1.07. The molecule has 2 aliphatic heterocycles. The molecule has 3 rings (SSSR count). The van der Waals surface area contributed by atoms with Crippen LogP contribution in [0, 0.1) is 5.92 Å². The van der Waals surface area contributed by atoms with E-state index in [0.29, 0.717) is 6.54 Å². The van der Waals surface area contributed by atoms with Gasteiger partial charge in [-0.2, -0.15) is 0 Å². The van der Waals surface area contributed by atoms with Crippen molar-refractivity contribution in [3.05, 3.63) is 23.9 Å². The number of hydrogen-bond donors (Lipinski definition) is 2. The molecule has 1 aromatic rings. The highest BCUT2D eigenvalue weighted by Crippen LogP contribution is 2.18. The van der Waals surface area contributed by atoms with Crippen LogP contribution >= 0.6 is 0 Å². The van der Waals surface area contributed by atoms with E-state index < -0.39 is 0 Å². The third-order valence-electron chi connectivity index (χ3n) is 5.65. The van der Waals surface area contributed by atoms with E-state index in [0.717, 1.165) is 56.5 Å². The van der Waals surface area contributed by atoms with E-state index in [1.54, 1.807) is 0 Å². The van der Waals surface area contributed by atoms with Crippen molar-refractivity contribution in [1.82, 2.24) is 20.5 Å². The lowest BCUT2D eigenvalue weighted by molar-refractivity contribution is -0.133. The molecule has 31 heavy (non-hydrogen) atoms. The fourth-order valence-corrected chi connectivity index (χ4v) is 4.19. The number of nitrogens with zero attached hydrogens (tertiary/aromatic N) is 4. The molecule has 2 saturated heterocycles.